The van der Waals surface area contributed by atoms with Gasteiger partial charge in [0.05, 0.1) is 12.8 Å². The van der Waals surface area contributed by atoms with E-state index in [0.29, 0.717) is 23.0 Å². The van der Waals surface area contributed by atoms with Crippen LogP contribution in [0.5, 0.6) is 5.75 Å². The van der Waals surface area contributed by atoms with Gasteiger partial charge >= 0.3 is 0 Å². The molecule has 0 heterocycles. The van der Waals surface area contributed by atoms with Crippen molar-refractivity contribution in [2.75, 3.05) is 19.0 Å². The molecule has 0 bridgehead atoms. The van der Waals surface area contributed by atoms with E-state index in [9.17, 15) is 9.59 Å². The van der Waals surface area contributed by atoms with Crippen molar-refractivity contribution in [1.82, 2.24) is 5.32 Å². The quantitative estimate of drug-likeness (QED) is 0.793. The third-order valence-corrected chi connectivity index (χ3v) is 3.06. The van der Waals surface area contributed by atoms with Crippen LogP contribution < -0.4 is 15.4 Å². The zero-order valence-electron chi connectivity index (χ0n) is 11.9. The molecule has 0 aliphatic carbocycles. The number of methoxy groups -OCH3 is 1. The van der Waals surface area contributed by atoms with Crippen LogP contribution in [0.3, 0.4) is 0 Å². The molecule has 20 heavy (non-hydrogen) atoms. The highest BCUT2D eigenvalue weighted by Crippen LogP contribution is 2.30. The number of rotatable bonds is 6. The molecule has 0 fully saturated rings. The van der Waals surface area contributed by atoms with Gasteiger partial charge in [-0.15, -0.1) is 0 Å². The van der Waals surface area contributed by atoms with Gasteiger partial charge in [0.25, 0.3) is 0 Å². The summed E-state index contributed by atoms with van der Waals surface area (Å²) in [5.74, 6) is -0.226. The maximum Gasteiger partial charge on any atom is 0.233 e. The van der Waals surface area contributed by atoms with Gasteiger partial charge in [-0.05, 0) is 25.0 Å². The maximum atomic E-state index is 11.8. The first-order valence-electron chi connectivity index (χ1n) is 6.38. The third-order valence-electron chi connectivity index (χ3n) is 2.65. The van der Waals surface area contributed by atoms with E-state index in [1.54, 1.807) is 12.1 Å². The van der Waals surface area contributed by atoms with Crippen LogP contribution in [0.4, 0.5) is 5.69 Å². The molecule has 110 valence electrons. The molecule has 0 aliphatic rings. The first-order valence-corrected chi connectivity index (χ1v) is 6.76. The SMILES string of the molecule is CCCNC(=O)CC(=O)Nc1cc(C)c(Cl)cc1OC. The second kappa shape index (κ2) is 7.75. The molecule has 0 atom stereocenters. The number of aryl methyl sites for hydroxylation is 1. The predicted octanol–water partition coefficient (Wildman–Crippen LogP) is 2.51. The molecule has 1 aromatic carbocycles. The lowest BCUT2D eigenvalue weighted by Gasteiger charge is -2.12. The monoisotopic (exact) mass is 298 g/mol. The lowest BCUT2D eigenvalue weighted by atomic mass is 10.2. The Hall–Kier alpha value is -1.75. The lowest BCUT2D eigenvalue weighted by molar-refractivity contribution is -0.126. The number of nitrogens with one attached hydrogen (secondary N) is 2. The highest BCUT2D eigenvalue weighted by atomic mass is 35.5. The Morgan fingerprint density at radius 2 is 2.00 bits per heavy atom. The molecule has 5 nitrogen and oxygen atoms in total. The summed E-state index contributed by atoms with van der Waals surface area (Å²) < 4.78 is 5.15. The summed E-state index contributed by atoms with van der Waals surface area (Å²) in [6, 6.07) is 3.34. The van der Waals surface area contributed by atoms with E-state index in [1.807, 2.05) is 13.8 Å². The van der Waals surface area contributed by atoms with Crippen molar-refractivity contribution in [3.63, 3.8) is 0 Å². The average Bonchev–Trinajstić information content (AvgIpc) is 2.40. The fraction of sp³-hybridized carbons (Fsp3) is 0.429. The second-order valence-electron chi connectivity index (χ2n) is 4.38. The summed E-state index contributed by atoms with van der Waals surface area (Å²) in [6.45, 7) is 4.34. The van der Waals surface area contributed by atoms with Crippen LogP contribution in [0.1, 0.15) is 25.3 Å². The zero-order chi connectivity index (χ0) is 15.1. The number of amides is 2. The summed E-state index contributed by atoms with van der Waals surface area (Å²) >= 11 is 5.99. The molecule has 0 unspecified atom stereocenters. The van der Waals surface area contributed by atoms with Crippen molar-refractivity contribution in [2.24, 2.45) is 0 Å². The van der Waals surface area contributed by atoms with Crippen LogP contribution in [0.25, 0.3) is 0 Å². The van der Waals surface area contributed by atoms with Crippen LogP contribution in [0.15, 0.2) is 12.1 Å². The Kier molecular flexibility index (Phi) is 6.31. The topological polar surface area (TPSA) is 67.4 Å². The fourth-order valence-electron chi connectivity index (χ4n) is 1.60. The standard InChI is InChI=1S/C14H19ClN2O3/c1-4-5-16-13(18)8-14(19)17-11-6-9(2)10(15)7-12(11)20-3/h6-7H,4-5,8H2,1-3H3,(H,16,18)(H,17,19). The molecular formula is C14H19ClN2O3. The van der Waals surface area contributed by atoms with Gasteiger partial charge in [-0.2, -0.15) is 0 Å². The molecular weight excluding hydrogens is 280 g/mol. The van der Waals surface area contributed by atoms with Gasteiger partial charge in [0.2, 0.25) is 11.8 Å². The minimum absolute atomic E-state index is 0.217. The van der Waals surface area contributed by atoms with E-state index >= 15 is 0 Å². The molecule has 2 N–H and O–H groups in total. The van der Waals surface area contributed by atoms with Crippen LogP contribution >= 0.6 is 11.6 Å². The zero-order valence-corrected chi connectivity index (χ0v) is 12.6. The van der Waals surface area contributed by atoms with Crippen molar-refractivity contribution < 1.29 is 14.3 Å². The van der Waals surface area contributed by atoms with E-state index in [1.165, 1.54) is 7.11 Å². The number of carbonyl (C=O) groups is 2. The molecule has 0 aromatic heterocycles. The summed E-state index contributed by atoms with van der Waals surface area (Å²) in [7, 11) is 1.49. The summed E-state index contributed by atoms with van der Waals surface area (Å²) in [4.78, 5) is 23.2. The smallest absolute Gasteiger partial charge is 0.233 e. The number of carbonyl (C=O) groups excluding carboxylic acids is 2. The minimum Gasteiger partial charge on any atom is -0.495 e. The molecule has 1 rings (SSSR count). The molecule has 0 aliphatic heterocycles. The number of hydrogen-bond donors (Lipinski definition) is 2. The van der Waals surface area contributed by atoms with E-state index in [2.05, 4.69) is 10.6 Å². The summed E-state index contributed by atoms with van der Waals surface area (Å²) in [5, 5.41) is 5.86. The highest BCUT2D eigenvalue weighted by molar-refractivity contribution is 6.31. The average molecular weight is 299 g/mol. The molecule has 0 radical (unpaired) electrons. The highest BCUT2D eigenvalue weighted by Gasteiger charge is 2.13. The van der Waals surface area contributed by atoms with Crippen molar-refractivity contribution in [3.05, 3.63) is 22.7 Å². The number of benzene rings is 1. The molecule has 0 saturated carbocycles. The summed E-state index contributed by atoms with van der Waals surface area (Å²) in [5.41, 5.74) is 1.32. The minimum atomic E-state index is -0.390. The molecule has 0 spiro atoms. The van der Waals surface area contributed by atoms with Gasteiger partial charge in [0.15, 0.2) is 0 Å². The maximum absolute atomic E-state index is 11.8. The third kappa shape index (κ3) is 4.74. The molecule has 6 heteroatoms. The number of hydrogen-bond acceptors (Lipinski definition) is 3. The Labute approximate surface area is 123 Å². The Balaban J connectivity index is 2.70. The van der Waals surface area contributed by atoms with Crippen molar-refractivity contribution >= 4 is 29.1 Å². The second-order valence-corrected chi connectivity index (χ2v) is 4.78. The van der Waals surface area contributed by atoms with E-state index in [4.69, 9.17) is 16.3 Å². The molecule has 1 aromatic rings. The van der Waals surface area contributed by atoms with E-state index < -0.39 is 5.91 Å². The van der Waals surface area contributed by atoms with Crippen LogP contribution in [-0.4, -0.2) is 25.5 Å². The van der Waals surface area contributed by atoms with Crippen molar-refractivity contribution in [1.29, 1.82) is 0 Å². The first kappa shape index (κ1) is 16.3. The van der Waals surface area contributed by atoms with Gasteiger partial charge in [0.1, 0.15) is 12.2 Å². The van der Waals surface area contributed by atoms with Gasteiger partial charge in [-0.25, -0.2) is 0 Å². The van der Waals surface area contributed by atoms with Gasteiger partial charge in [-0.1, -0.05) is 18.5 Å². The number of halogens is 1. The van der Waals surface area contributed by atoms with Crippen LogP contribution in [-0.2, 0) is 9.59 Å². The van der Waals surface area contributed by atoms with Crippen LogP contribution in [0.2, 0.25) is 5.02 Å². The normalized spacial score (nSPS) is 10.0. The Bertz CT molecular complexity index is 503. The van der Waals surface area contributed by atoms with Crippen molar-refractivity contribution in [3.8, 4) is 5.75 Å². The van der Waals surface area contributed by atoms with E-state index in [-0.39, 0.29) is 12.3 Å². The first-order chi connectivity index (χ1) is 9.47. The molecule has 0 saturated heterocycles. The largest absolute Gasteiger partial charge is 0.495 e. The Morgan fingerprint density at radius 3 is 2.60 bits per heavy atom. The lowest BCUT2D eigenvalue weighted by Crippen LogP contribution is -2.28. The predicted molar refractivity (Wildman–Crippen MR) is 79.3 cm³/mol. The van der Waals surface area contributed by atoms with E-state index in [0.717, 1.165) is 12.0 Å². The van der Waals surface area contributed by atoms with Crippen LogP contribution in [0, 0.1) is 6.92 Å². The van der Waals surface area contributed by atoms with Crippen molar-refractivity contribution in [2.45, 2.75) is 26.7 Å². The number of ether oxygens (including phenoxy) is 1. The number of anilines is 1. The molecule has 2 amide bonds. The van der Waals surface area contributed by atoms with Gasteiger partial charge in [-0.3, -0.25) is 9.59 Å². The van der Waals surface area contributed by atoms with Gasteiger partial charge in [0, 0.05) is 17.6 Å². The fourth-order valence-corrected chi connectivity index (χ4v) is 1.75. The Morgan fingerprint density at radius 1 is 1.30 bits per heavy atom. The van der Waals surface area contributed by atoms with Gasteiger partial charge < -0.3 is 15.4 Å². The summed E-state index contributed by atoms with van der Waals surface area (Å²) in [6.07, 6.45) is 0.613.